The van der Waals surface area contributed by atoms with Gasteiger partial charge in [0.2, 0.25) is 0 Å². The van der Waals surface area contributed by atoms with Gasteiger partial charge in [0.05, 0.1) is 11.9 Å². The van der Waals surface area contributed by atoms with Crippen molar-refractivity contribution in [2.75, 3.05) is 6.54 Å². The molecule has 1 aliphatic carbocycles. The second-order valence-corrected chi connectivity index (χ2v) is 5.55. The van der Waals surface area contributed by atoms with Gasteiger partial charge in [-0.05, 0) is 43.9 Å². The maximum atomic E-state index is 12.8. The molecule has 1 saturated carbocycles. The molecule has 1 heterocycles. The van der Waals surface area contributed by atoms with E-state index in [2.05, 4.69) is 24.1 Å². The number of hydrogen-bond donors (Lipinski definition) is 1. The Morgan fingerprint density at radius 1 is 1.39 bits per heavy atom. The number of hydrogen-bond acceptors (Lipinski definition) is 2. The summed E-state index contributed by atoms with van der Waals surface area (Å²) in [6.07, 6.45) is 6.72. The monoisotopic (exact) mass is 250 g/mol. The van der Waals surface area contributed by atoms with E-state index >= 15 is 0 Å². The normalized spacial score (nSPS) is 25.9. The van der Waals surface area contributed by atoms with Crippen LogP contribution in [-0.2, 0) is 0 Å². The van der Waals surface area contributed by atoms with Crippen molar-refractivity contribution in [3.05, 3.63) is 29.8 Å². The number of nitrogens with zero attached hydrogens (tertiary/aromatic N) is 1. The van der Waals surface area contributed by atoms with E-state index in [1.54, 1.807) is 6.07 Å². The predicted molar refractivity (Wildman–Crippen MR) is 71.7 cm³/mol. The summed E-state index contributed by atoms with van der Waals surface area (Å²) < 4.78 is 12.8. The average molecular weight is 250 g/mol. The molecule has 0 spiro atoms. The number of nitrogens with one attached hydrogen (secondary N) is 1. The van der Waals surface area contributed by atoms with Crippen LogP contribution in [0.4, 0.5) is 4.39 Å². The van der Waals surface area contributed by atoms with Crippen LogP contribution in [0.15, 0.2) is 18.3 Å². The summed E-state index contributed by atoms with van der Waals surface area (Å²) in [6.45, 7) is 5.49. The molecule has 3 heteroatoms. The minimum absolute atomic E-state index is 0.194. The SMILES string of the molecule is CC(NCC1CCCCC1C)c1ccc(F)cn1. The van der Waals surface area contributed by atoms with E-state index in [9.17, 15) is 4.39 Å². The van der Waals surface area contributed by atoms with Gasteiger partial charge in [0.1, 0.15) is 5.82 Å². The largest absolute Gasteiger partial charge is 0.309 e. The predicted octanol–water partition coefficient (Wildman–Crippen LogP) is 3.70. The maximum Gasteiger partial charge on any atom is 0.141 e. The molecule has 1 N–H and O–H groups in total. The lowest BCUT2D eigenvalue weighted by Crippen LogP contribution is -2.31. The molecule has 1 aromatic rings. The van der Waals surface area contributed by atoms with Gasteiger partial charge in [0.25, 0.3) is 0 Å². The first-order valence-electron chi connectivity index (χ1n) is 7.01. The molecule has 1 fully saturated rings. The molecular formula is C15H23FN2. The number of rotatable bonds is 4. The highest BCUT2D eigenvalue weighted by atomic mass is 19.1. The molecular weight excluding hydrogens is 227 g/mol. The quantitative estimate of drug-likeness (QED) is 0.881. The summed E-state index contributed by atoms with van der Waals surface area (Å²) in [5.41, 5.74) is 0.917. The molecule has 0 bridgehead atoms. The summed E-state index contributed by atoms with van der Waals surface area (Å²) in [7, 11) is 0. The molecule has 100 valence electrons. The second kappa shape index (κ2) is 6.28. The van der Waals surface area contributed by atoms with E-state index in [0.29, 0.717) is 0 Å². The third-order valence-corrected chi connectivity index (χ3v) is 4.17. The van der Waals surface area contributed by atoms with Crippen molar-refractivity contribution >= 4 is 0 Å². The summed E-state index contributed by atoms with van der Waals surface area (Å²) in [4.78, 5) is 4.12. The molecule has 2 nitrogen and oxygen atoms in total. The number of halogens is 1. The third-order valence-electron chi connectivity index (χ3n) is 4.17. The van der Waals surface area contributed by atoms with Crippen LogP contribution < -0.4 is 5.32 Å². The molecule has 0 aliphatic heterocycles. The van der Waals surface area contributed by atoms with E-state index in [4.69, 9.17) is 0 Å². The Labute approximate surface area is 109 Å². The van der Waals surface area contributed by atoms with Crippen LogP contribution in [0.25, 0.3) is 0 Å². The van der Waals surface area contributed by atoms with Gasteiger partial charge in [-0.25, -0.2) is 4.39 Å². The van der Waals surface area contributed by atoms with Crippen LogP contribution in [0, 0.1) is 17.7 Å². The standard InChI is InChI=1S/C15H23FN2/c1-11-5-3-4-6-13(11)9-17-12(2)15-8-7-14(16)10-18-15/h7-8,10-13,17H,3-6,9H2,1-2H3. The first-order chi connectivity index (χ1) is 8.66. The van der Waals surface area contributed by atoms with Crippen molar-refractivity contribution in [2.24, 2.45) is 11.8 Å². The lowest BCUT2D eigenvalue weighted by molar-refractivity contribution is 0.242. The van der Waals surface area contributed by atoms with Gasteiger partial charge < -0.3 is 5.32 Å². The topological polar surface area (TPSA) is 24.9 Å². The first-order valence-corrected chi connectivity index (χ1v) is 7.01. The van der Waals surface area contributed by atoms with E-state index in [-0.39, 0.29) is 11.9 Å². The van der Waals surface area contributed by atoms with E-state index in [0.717, 1.165) is 24.1 Å². The summed E-state index contributed by atoms with van der Waals surface area (Å²) >= 11 is 0. The highest BCUT2D eigenvalue weighted by Crippen LogP contribution is 2.29. The number of pyridine rings is 1. The van der Waals surface area contributed by atoms with Gasteiger partial charge in [0, 0.05) is 6.04 Å². The highest BCUT2D eigenvalue weighted by molar-refractivity contribution is 5.08. The van der Waals surface area contributed by atoms with Crippen molar-refractivity contribution < 1.29 is 4.39 Å². The Kier molecular flexibility index (Phi) is 4.70. The Hall–Kier alpha value is -0.960. The zero-order chi connectivity index (χ0) is 13.0. The summed E-state index contributed by atoms with van der Waals surface area (Å²) in [6, 6.07) is 3.43. The zero-order valence-corrected chi connectivity index (χ0v) is 11.3. The van der Waals surface area contributed by atoms with Gasteiger partial charge in [-0.3, -0.25) is 4.98 Å². The zero-order valence-electron chi connectivity index (χ0n) is 11.3. The Balaban J connectivity index is 1.83. The van der Waals surface area contributed by atoms with E-state index < -0.39 is 0 Å². The van der Waals surface area contributed by atoms with Crippen LogP contribution in [0.2, 0.25) is 0 Å². The second-order valence-electron chi connectivity index (χ2n) is 5.55. The van der Waals surface area contributed by atoms with Gasteiger partial charge in [-0.15, -0.1) is 0 Å². The Bertz CT molecular complexity index is 363. The van der Waals surface area contributed by atoms with Gasteiger partial charge in [-0.2, -0.15) is 0 Å². The minimum Gasteiger partial charge on any atom is -0.309 e. The first kappa shape index (κ1) is 13.5. The minimum atomic E-state index is -0.271. The molecule has 3 unspecified atom stereocenters. The molecule has 0 saturated heterocycles. The van der Waals surface area contributed by atoms with Crippen LogP contribution in [-0.4, -0.2) is 11.5 Å². The van der Waals surface area contributed by atoms with Crippen molar-refractivity contribution in [3.63, 3.8) is 0 Å². The van der Waals surface area contributed by atoms with Crippen LogP contribution in [0.3, 0.4) is 0 Å². The molecule has 18 heavy (non-hydrogen) atoms. The lowest BCUT2D eigenvalue weighted by atomic mass is 9.80. The molecule has 0 aromatic carbocycles. The smallest absolute Gasteiger partial charge is 0.141 e. The van der Waals surface area contributed by atoms with Crippen molar-refractivity contribution in [2.45, 2.75) is 45.6 Å². The molecule has 1 aliphatic rings. The summed E-state index contributed by atoms with van der Waals surface area (Å²) in [5, 5.41) is 3.53. The van der Waals surface area contributed by atoms with Crippen LogP contribution in [0.5, 0.6) is 0 Å². The van der Waals surface area contributed by atoms with E-state index in [1.165, 1.54) is 37.9 Å². The van der Waals surface area contributed by atoms with Crippen molar-refractivity contribution in [3.8, 4) is 0 Å². The third kappa shape index (κ3) is 3.52. The van der Waals surface area contributed by atoms with Crippen molar-refractivity contribution in [1.29, 1.82) is 0 Å². The molecule has 2 rings (SSSR count). The Morgan fingerprint density at radius 3 is 2.83 bits per heavy atom. The Morgan fingerprint density at radius 2 is 2.17 bits per heavy atom. The fourth-order valence-corrected chi connectivity index (χ4v) is 2.77. The van der Waals surface area contributed by atoms with Crippen LogP contribution in [0.1, 0.15) is 51.3 Å². The van der Waals surface area contributed by atoms with Crippen molar-refractivity contribution in [1.82, 2.24) is 10.3 Å². The summed E-state index contributed by atoms with van der Waals surface area (Å²) in [5.74, 6) is 1.33. The molecule has 1 aromatic heterocycles. The molecule has 3 atom stereocenters. The molecule has 0 radical (unpaired) electrons. The highest BCUT2D eigenvalue weighted by Gasteiger charge is 2.21. The van der Waals surface area contributed by atoms with Crippen LogP contribution >= 0.6 is 0 Å². The van der Waals surface area contributed by atoms with E-state index in [1.807, 2.05) is 0 Å². The lowest BCUT2D eigenvalue weighted by Gasteiger charge is -2.30. The molecule has 0 amide bonds. The number of aromatic nitrogens is 1. The van der Waals surface area contributed by atoms with Gasteiger partial charge >= 0.3 is 0 Å². The fraction of sp³-hybridized carbons (Fsp3) is 0.667. The van der Waals surface area contributed by atoms with Gasteiger partial charge in [0.15, 0.2) is 0 Å². The average Bonchev–Trinajstić information content (AvgIpc) is 2.38. The van der Waals surface area contributed by atoms with Gasteiger partial charge in [-0.1, -0.05) is 26.2 Å². The fourth-order valence-electron chi connectivity index (χ4n) is 2.77. The maximum absolute atomic E-state index is 12.8.